The molecule has 0 spiro atoms. The minimum absolute atomic E-state index is 0.0714. The number of halogens is 2. The topological polar surface area (TPSA) is 56.2 Å². The average molecular weight is 465 g/mol. The van der Waals surface area contributed by atoms with E-state index in [4.69, 9.17) is 16.3 Å². The summed E-state index contributed by atoms with van der Waals surface area (Å²) in [6.07, 6.45) is 8.32. The van der Waals surface area contributed by atoms with Crippen LogP contribution in [0, 0.1) is 23.7 Å². The maximum Gasteiger partial charge on any atom is 0.272 e. The lowest BCUT2D eigenvalue weighted by molar-refractivity contribution is -0.0120. The van der Waals surface area contributed by atoms with Gasteiger partial charge in [-0.15, -0.1) is 0 Å². The van der Waals surface area contributed by atoms with Crippen molar-refractivity contribution < 1.29 is 9.53 Å². The Morgan fingerprint density at radius 3 is 2.57 bits per heavy atom. The van der Waals surface area contributed by atoms with E-state index in [0.29, 0.717) is 34.3 Å². The maximum atomic E-state index is 12.8. The highest BCUT2D eigenvalue weighted by Crippen LogP contribution is 2.53. The van der Waals surface area contributed by atoms with Crippen molar-refractivity contribution in [3.05, 3.63) is 45.7 Å². The molecule has 4 fully saturated rings. The number of carbonyl (C=O) groups excluding carboxylic acids is 1. The molecule has 4 bridgehead atoms. The van der Waals surface area contributed by atoms with Crippen LogP contribution in [0.3, 0.4) is 0 Å². The van der Waals surface area contributed by atoms with Crippen LogP contribution < -0.4 is 10.1 Å². The normalized spacial score (nSPS) is 30.4. The van der Waals surface area contributed by atoms with Gasteiger partial charge in [-0.1, -0.05) is 27.5 Å². The SMILES string of the molecule is O=C(NC1C2CC3CC(C2)CC1C3)c1ccn(COc2ccc(Br)cc2Cl)n1. The molecule has 1 heterocycles. The molecule has 4 aliphatic carbocycles. The van der Waals surface area contributed by atoms with Gasteiger partial charge in [-0.3, -0.25) is 4.79 Å². The van der Waals surface area contributed by atoms with Crippen LogP contribution in [-0.2, 0) is 6.73 Å². The highest BCUT2D eigenvalue weighted by Gasteiger charge is 2.48. The minimum atomic E-state index is -0.0714. The number of hydrogen-bond donors (Lipinski definition) is 1. The van der Waals surface area contributed by atoms with Gasteiger partial charge in [-0.25, -0.2) is 4.68 Å². The third-order valence-corrected chi connectivity index (χ3v) is 7.43. The van der Waals surface area contributed by atoms with E-state index in [9.17, 15) is 4.79 Å². The molecule has 0 unspecified atom stereocenters. The highest BCUT2D eigenvalue weighted by molar-refractivity contribution is 9.10. The van der Waals surface area contributed by atoms with Crippen molar-refractivity contribution in [2.24, 2.45) is 23.7 Å². The number of rotatable bonds is 5. The van der Waals surface area contributed by atoms with Crippen LogP contribution in [0.15, 0.2) is 34.9 Å². The molecular weight excluding hydrogens is 442 g/mol. The van der Waals surface area contributed by atoms with E-state index in [1.54, 1.807) is 29.1 Å². The van der Waals surface area contributed by atoms with E-state index in [2.05, 4.69) is 26.3 Å². The molecular formula is C21H23BrClN3O2. The third-order valence-electron chi connectivity index (χ3n) is 6.64. The summed E-state index contributed by atoms with van der Waals surface area (Å²) in [6, 6.07) is 7.52. The number of amides is 1. The van der Waals surface area contributed by atoms with Gasteiger partial charge >= 0.3 is 0 Å². The fourth-order valence-electron chi connectivity index (χ4n) is 5.67. The summed E-state index contributed by atoms with van der Waals surface area (Å²) in [5, 5.41) is 8.21. The van der Waals surface area contributed by atoms with E-state index in [1.165, 1.54) is 32.1 Å². The summed E-state index contributed by atoms with van der Waals surface area (Å²) < 4.78 is 8.23. The van der Waals surface area contributed by atoms with E-state index in [1.807, 2.05) is 6.07 Å². The summed E-state index contributed by atoms with van der Waals surface area (Å²) in [5.41, 5.74) is 0.444. The van der Waals surface area contributed by atoms with Gasteiger partial charge in [0.2, 0.25) is 0 Å². The minimum Gasteiger partial charge on any atom is -0.470 e. The Morgan fingerprint density at radius 2 is 1.89 bits per heavy atom. The molecule has 7 heteroatoms. The van der Waals surface area contributed by atoms with Crippen molar-refractivity contribution in [1.82, 2.24) is 15.1 Å². The van der Waals surface area contributed by atoms with E-state index >= 15 is 0 Å². The van der Waals surface area contributed by atoms with Crippen LogP contribution >= 0.6 is 27.5 Å². The molecule has 0 radical (unpaired) electrons. The second-order valence-corrected chi connectivity index (χ2v) is 9.84. The number of carbonyl (C=O) groups is 1. The number of nitrogens with one attached hydrogen (secondary N) is 1. The molecule has 148 valence electrons. The Balaban J connectivity index is 1.20. The summed E-state index contributed by atoms with van der Waals surface area (Å²) in [7, 11) is 0. The molecule has 1 aromatic carbocycles. The molecule has 4 saturated carbocycles. The lowest BCUT2D eigenvalue weighted by Crippen LogP contribution is -2.55. The Hall–Kier alpha value is -1.53. The molecule has 1 aromatic heterocycles. The molecule has 2 aromatic rings. The van der Waals surface area contributed by atoms with E-state index < -0.39 is 0 Å². The van der Waals surface area contributed by atoms with Gasteiger partial charge in [-0.2, -0.15) is 5.10 Å². The molecule has 6 rings (SSSR count). The van der Waals surface area contributed by atoms with Crippen molar-refractivity contribution in [3.8, 4) is 5.75 Å². The lowest BCUT2D eigenvalue weighted by Gasteiger charge is -2.54. The standard InChI is InChI=1S/C21H23BrClN3O2/c22-16-1-2-19(17(23)10-16)28-11-26-4-3-18(25-26)21(27)24-20-14-6-12-5-13(8-14)9-15(20)7-12/h1-4,10,12-15,20H,5-9,11H2,(H,24,27). The number of nitrogens with zero attached hydrogens (tertiary/aromatic N) is 2. The van der Waals surface area contributed by atoms with Gasteiger partial charge in [0.25, 0.3) is 5.91 Å². The monoisotopic (exact) mass is 463 g/mol. The predicted molar refractivity (Wildman–Crippen MR) is 110 cm³/mol. The van der Waals surface area contributed by atoms with Gasteiger partial charge in [-0.05, 0) is 80.0 Å². The Kier molecular flexibility index (Phi) is 4.87. The van der Waals surface area contributed by atoms with Crippen molar-refractivity contribution in [3.63, 3.8) is 0 Å². The van der Waals surface area contributed by atoms with E-state index in [-0.39, 0.29) is 12.6 Å². The summed E-state index contributed by atoms with van der Waals surface area (Å²) in [6.45, 7) is 0.201. The zero-order valence-electron chi connectivity index (χ0n) is 15.5. The summed E-state index contributed by atoms with van der Waals surface area (Å²) in [4.78, 5) is 12.8. The van der Waals surface area contributed by atoms with Gasteiger partial charge in [0.1, 0.15) is 11.4 Å². The fourth-order valence-corrected chi connectivity index (χ4v) is 6.40. The van der Waals surface area contributed by atoms with Crippen LogP contribution in [-0.4, -0.2) is 21.7 Å². The van der Waals surface area contributed by atoms with E-state index in [0.717, 1.165) is 16.3 Å². The first kappa shape index (κ1) is 18.5. The number of hydrogen-bond acceptors (Lipinski definition) is 3. The quantitative estimate of drug-likeness (QED) is 0.685. The molecule has 4 aliphatic rings. The van der Waals surface area contributed by atoms with Crippen molar-refractivity contribution >= 4 is 33.4 Å². The molecule has 0 atom stereocenters. The van der Waals surface area contributed by atoms with Gasteiger partial charge in [0.05, 0.1) is 5.02 Å². The van der Waals surface area contributed by atoms with Crippen molar-refractivity contribution in [1.29, 1.82) is 0 Å². The Bertz CT molecular complexity index is 872. The molecule has 0 saturated heterocycles. The first-order chi connectivity index (χ1) is 13.5. The zero-order valence-corrected chi connectivity index (χ0v) is 17.8. The van der Waals surface area contributed by atoms with Crippen molar-refractivity contribution in [2.75, 3.05) is 0 Å². The highest BCUT2D eigenvalue weighted by atomic mass is 79.9. The first-order valence-electron chi connectivity index (χ1n) is 9.97. The molecule has 28 heavy (non-hydrogen) atoms. The van der Waals surface area contributed by atoms with Crippen LogP contribution in [0.5, 0.6) is 5.75 Å². The Labute approximate surface area is 177 Å². The number of benzene rings is 1. The molecule has 1 amide bonds. The van der Waals surface area contributed by atoms with Crippen LogP contribution in [0.4, 0.5) is 0 Å². The van der Waals surface area contributed by atoms with Crippen molar-refractivity contribution in [2.45, 2.75) is 44.9 Å². The second kappa shape index (κ2) is 7.38. The summed E-state index contributed by atoms with van der Waals surface area (Å²) >= 11 is 9.54. The van der Waals surface area contributed by atoms with Gasteiger partial charge in [0, 0.05) is 16.7 Å². The second-order valence-electron chi connectivity index (χ2n) is 8.52. The summed E-state index contributed by atoms with van der Waals surface area (Å²) in [5.74, 6) is 3.63. The smallest absolute Gasteiger partial charge is 0.272 e. The number of ether oxygens (including phenoxy) is 1. The average Bonchev–Trinajstić information content (AvgIpc) is 3.12. The van der Waals surface area contributed by atoms with Crippen LogP contribution in [0.25, 0.3) is 0 Å². The van der Waals surface area contributed by atoms with Crippen LogP contribution in [0.1, 0.15) is 42.6 Å². The first-order valence-corrected chi connectivity index (χ1v) is 11.1. The predicted octanol–water partition coefficient (Wildman–Crippen LogP) is 4.89. The zero-order chi connectivity index (χ0) is 19.3. The van der Waals surface area contributed by atoms with Gasteiger partial charge < -0.3 is 10.1 Å². The molecule has 0 aliphatic heterocycles. The third kappa shape index (κ3) is 3.57. The Morgan fingerprint density at radius 1 is 1.18 bits per heavy atom. The molecule has 5 nitrogen and oxygen atoms in total. The number of aromatic nitrogens is 2. The van der Waals surface area contributed by atoms with Crippen LogP contribution in [0.2, 0.25) is 5.02 Å². The largest absolute Gasteiger partial charge is 0.470 e. The lowest BCUT2D eigenvalue weighted by atomic mass is 9.54. The molecule has 1 N–H and O–H groups in total. The maximum absolute atomic E-state index is 12.8. The fraction of sp³-hybridized carbons (Fsp3) is 0.524. The van der Waals surface area contributed by atoms with Gasteiger partial charge in [0.15, 0.2) is 6.73 Å².